The van der Waals surface area contributed by atoms with Crippen molar-refractivity contribution >= 4 is 55.6 Å². The predicted octanol–water partition coefficient (Wildman–Crippen LogP) is 4.02. The third-order valence-corrected chi connectivity index (χ3v) is 7.63. The zero-order valence-corrected chi connectivity index (χ0v) is 19.3. The highest BCUT2D eigenvalue weighted by atomic mass is 35.5. The summed E-state index contributed by atoms with van der Waals surface area (Å²) in [5.74, 6) is -0.0774. The van der Waals surface area contributed by atoms with Crippen LogP contribution in [0.4, 0.5) is 5.13 Å². The molecule has 0 unspecified atom stereocenters. The van der Waals surface area contributed by atoms with Crippen molar-refractivity contribution in [3.8, 4) is 0 Å². The smallest absolute Gasteiger partial charge is 0.277 e. The Bertz CT molecular complexity index is 1170. The molecule has 1 aromatic carbocycles. The van der Waals surface area contributed by atoms with Crippen molar-refractivity contribution < 1.29 is 13.2 Å². The van der Waals surface area contributed by atoms with Crippen molar-refractivity contribution in [2.75, 3.05) is 11.1 Å². The summed E-state index contributed by atoms with van der Waals surface area (Å²) in [6.07, 6.45) is 2.09. The molecule has 1 N–H and O–H groups in total. The van der Waals surface area contributed by atoms with Crippen LogP contribution in [0.2, 0.25) is 5.02 Å². The molecule has 158 valence electrons. The maximum absolute atomic E-state index is 12.7. The number of halogens is 1. The monoisotopic (exact) mass is 483 g/mol. The van der Waals surface area contributed by atoms with Gasteiger partial charge in [0.2, 0.25) is 20.1 Å². The second-order valence-corrected chi connectivity index (χ2v) is 10.9. The first-order chi connectivity index (χ1) is 14.3. The van der Waals surface area contributed by atoms with E-state index in [2.05, 4.69) is 32.4 Å². The number of anilines is 1. The number of nitrogens with one attached hydrogen (secondary N) is 1. The van der Waals surface area contributed by atoms with Crippen molar-refractivity contribution in [2.24, 2.45) is 0 Å². The van der Waals surface area contributed by atoms with Gasteiger partial charge in [0, 0.05) is 5.75 Å². The van der Waals surface area contributed by atoms with E-state index in [4.69, 9.17) is 11.6 Å². The standard InChI is InChI=1S/C18H18ClN5O3S3/c1-3-7-28-18-24-23-16(29-18)22-15(25)14-13(19)9-20-17(21-14)30(26,27)10-12-6-4-5-11(2)8-12/h4-6,8-9H,3,7,10H2,1-2H3,(H,22,23,25). The topological polar surface area (TPSA) is 115 Å². The average molecular weight is 484 g/mol. The molecular formula is C18H18ClN5O3S3. The zero-order chi connectivity index (χ0) is 21.7. The molecule has 8 nitrogen and oxygen atoms in total. The molecule has 0 radical (unpaired) electrons. The normalized spacial score (nSPS) is 11.4. The fourth-order valence-corrected chi connectivity index (χ4v) is 5.45. The fraction of sp³-hybridized carbons (Fsp3) is 0.278. The molecule has 0 atom stereocenters. The number of aryl methyl sites for hydroxylation is 1. The summed E-state index contributed by atoms with van der Waals surface area (Å²) >= 11 is 8.80. The van der Waals surface area contributed by atoms with E-state index in [1.165, 1.54) is 23.1 Å². The highest BCUT2D eigenvalue weighted by Gasteiger charge is 2.23. The highest BCUT2D eigenvalue weighted by Crippen LogP contribution is 2.26. The number of thioether (sulfide) groups is 1. The van der Waals surface area contributed by atoms with Crippen LogP contribution in [0.15, 0.2) is 40.0 Å². The summed E-state index contributed by atoms with van der Waals surface area (Å²) in [5, 5.41) is 10.2. The van der Waals surface area contributed by atoms with Gasteiger partial charge in [0.05, 0.1) is 17.0 Å². The van der Waals surface area contributed by atoms with E-state index in [0.717, 1.165) is 28.3 Å². The van der Waals surface area contributed by atoms with Gasteiger partial charge in [-0.1, -0.05) is 71.5 Å². The van der Waals surface area contributed by atoms with Crippen molar-refractivity contribution in [1.82, 2.24) is 20.2 Å². The minimum absolute atomic E-state index is 0.0629. The molecule has 2 heterocycles. The third kappa shape index (κ3) is 5.75. The molecule has 0 aliphatic heterocycles. The lowest BCUT2D eigenvalue weighted by atomic mass is 10.2. The van der Waals surface area contributed by atoms with Gasteiger partial charge in [-0.2, -0.15) is 0 Å². The molecule has 3 rings (SSSR count). The lowest BCUT2D eigenvalue weighted by Crippen LogP contribution is -2.18. The number of benzene rings is 1. The molecule has 0 spiro atoms. The van der Waals surface area contributed by atoms with Crippen LogP contribution in [0.3, 0.4) is 0 Å². The van der Waals surface area contributed by atoms with Crippen LogP contribution in [0, 0.1) is 6.92 Å². The SMILES string of the molecule is CCCSc1nnc(NC(=O)c2nc(S(=O)(=O)Cc3cccc(C)c3)ncc2Cl)s1. The van der Waals surface area contributed by atoms with E-state index < -0.39 is 20.9 Å². The molecule has 12 heteroatoms. The number of hydrogen-bond acceptors (Lipinski definition) is 9. The van der Waals surface area contributed by atoms with Crippen molar-refractivity contribution in [3.05, 3.63) is 52.3 Å². The van der Waals surface area contributed by atoms with Gasteiger partial charge < -0.3 is 0 Å². The van der Waals surface area contributed by atoms with E-state index in [0.29, 0.717) is 5.56 Å². The molecule has 0 aliphatic carbocycles. The molecule has 0 bridgehead atoms. The Morgan fingerprint density at radius 1 is 1.30 bits per heavy atom. The quantitative estimate of drug-likeness (QED) is 0.290. The number of hydrogen-bond donors (Lipinski definition) is 1. The number of amides is 1. The molecule has 1 amide bonds. The summed E-state index contributed by atoms with van der Waals surface area (Å²) < 4.78 is 26.2. The second kappa shape index (κ2) is 9.82. The number of rotatable bonds is 8. The van der Waals surface area contributed by atoms with Gasteiger partial charge in [0.15, 0.2) is 10.0 Å². The van der Waals surface area contributed by atoms with Crippen LogP contribution in [0.5, 0.6) is 0 Å². The van der Waals surface area contributed by atoms with Crippen molar-refractivity contribution in [2.45, 2.75) is 35.5 Å². The summed E-state index contributed by atoms with van der Waals surface area (Å²) in [6.45, 7) is 3.93. The molecule has 2 aromatic heterocycles. The molecule has 0 fully saturated rings. The van der Waals surface area contributed by atoms with Gasteiger partial charge in [0.1, 0.15) is 0 Å². The summed E-state index contributed by atoms with van der Waals surface area (Å²) in [7, 11) is -3.87. The first kappa shape index (κ1) is 22.6. The van der Waals surface area contributed by atoms with Crippen LogP contribution in [0.25, 0.3) is 0 Å². The van der Waals surface area contributed by atoms with Gasteiger partial charge in [0.25, 0.3) is 5.91 Å². The van der Waals surface area contributed by atoms with Crippen LogP contribution in [-0.4, -0.2) is 40.2 Å². The average Bonchev–Trinajstić information content (AvgIpc) is 3.13. The Morgan fingerprint density at radius 3 is 2.83 bits per heavy atom. The van der Waals surface area contributed by atoms with Gasteiger partial charge in [-0.3, -0.25) is 10.1 Å². The fourth-order valence-electron chi connectivity index (χ4n) is 2.41. The first-order valence-corrected chi connectivity index (χ1v) is 12.7. The maximum atomic E-state index is 12.7. The minimum atomic E-state index is -3.87. The summed E-state index contributed by atoms with van der Waals surface area (Å²) in [5.41, 5.74) is 1.30. The lowest BCUT2D eigenvalue weighted by Gasteiger charge is -2.07. The molecule has 0 saturated heterocycles. The summed E-state index contributed by atoms with van der Waals surface area (Å²) in [6, 6.07) is 7.12. The van der Waals surface area contributed by atoms with Crippen LogP contribution in [0.1, 0.15) is 35.0 Å². The van der Waals surface area contributed by atoms with Crippen molar-refractivity contribution in [3.63, 3.8) is 0 Å². The van der Waals surface area contributed by atoms with Gasteiger partial charge >= 0.3 is 0 Å². The Balaban J connectivity index is 1.80. The highest BCUT2D eigenvalue weighted by molar-refractivity contribution is 8.01. The number of sulfone groups is 1. The zero-order valence-electron chi connectivity index (χ0n) is 16.1. The van der Waals surface area contributed by atoms with Crippen LogP contribution < -0.4 is 5.32 Å². The minimum Gasteiger partial charge on any atom is -0.295 e. The summed E-state index contributed by atoms with van der Waals surface area (Å²) in [4.78, 5) is 20.3. The van der Waals surface area contributed by atoms with E-state index in [1.54, 1.807) is 18.2 Å². The molecular weight excluding hydrogens is 466 g/mol. The second-order valence-electron chi connectivity index (χ2n) is 6.27. The van der Waals surface area contributed by atoms with Gasteiger partial charge in [-0.15, -0.1) is 10.2 Å². The molecule has 30 heavy (non-hydrogen) atoms. The number of nitrogens with zero attached hydrogens (tertiary/aromatic N) is 4. The van der Waals surface area contributed by atoms with E-state index in [9.17, 15) is 13.2 Å². The molecule has 0 aliphatic rings. The number of aromatic nitrogens is 4. The van der Waals surface area contributed by atoms with Crippen molar-refractivity contribution in [1.29, 1.82) is 0 Å². The Labute approximate surface area is 187 Å². The Hall–Kier alpha value is -2.08. The first-order valence-electron chi connectivity index (χ1n) is 8.87. The maximum Gasteiger partial charge on any atom is 0.277 e. The van der Waals surface area contributed by atoms with Gasteiger partial charge in [-0.25, -0.2) is 18.4 Å². The Kier molecular flexibility index (Phi) is 7.40. The van der Waals surface area contributed by atoms with E-state index in [-0.39, 0.29) is 21.6 Å². The lowest BCUT2D eigenvalue weighted by molar-refractivity contribution is 0.102. The largest absolute Gasteiger partial charge is 0.295 e. The Morgan fingerprint density at radius 2 is 2.10 bits per heavy atom. The van der Waals surface area contributed by atoms with E-state index >= 15 is 0 Å². The number of carbonyl (C=O) groups is 1. The third-order valence-electron chi connectivity index (χ3n) is 3.71. The molecule has 3 aromatic rings. The molecule has 0 saturated carbocycles. The van der Waals surface area contributed by atoms with E-state index in [1.807, 2.05) is 13.0 Å². The van der Waals surface area contributed by atoms with Gasteiger partial charge in [-0.05, 0) is 18.9 Å². The van der Waals surface area contributed by atoms with Crippen LogP contribution in [-0.2, 0) is 15.6 Å². The number of carbonyl (C=O) groups excluding carboxylic acids is 1. The van der Waals surface area contributed by atoms with Crippen LogP contribution >= 0.6 is 34.7 Å². The predicted molar refractivity (Wildman–Crippen MR) is 118 cm³/mol.